The summed E-state index contributed by atoms with van der Waals surface area (Å²) >= 11 is 0. The second kappa shape index (κ2) is 2.84. The average Bonchev–Trinajstić information content (AvgIpc) is 2.24. The van der Waals surface area contributed by atoms with Crippen LogP contribution < -0.4 is 0 Å². The van der Waals surface area contributed by atoms with E-state index in [0.29, 0.717) is 23.9 Å². The number of fused-ring (bicyclic) bond motifs is 2. The van der Waals surface area contributed by atoms with Crippen molar-refractivity contribution < 1.29 is 4.79 Å². The van der Waals surface area contributed by atoms with Gasteiger partial charge in [0.05, 0.1) is 0 Å². The summed E-state index contributed by atoms with van der Waals surface area (Å²) in [5.41, 5.74) is 0. The zero-order valence-electron chi connectivity index (χ0n) is 7.92. The lowest BCUT2D eigenvalue weighted by Crippen LogP contribution is -2.46. The Balaban J connectivity index is 2.14. The van der Waals surface area contributed by atoms with Gasteiger partial charge in [0.25, 0.3) is 0 Å². The van der Waals surface area contributed by atoms with Crippen LogP contribution in [0.15, 0.2) is 0 Å². The Kier molecular flexibility index (Phi) is 1.95. The van der Waals surface area contributed by atoms with E-state index in [2.05, 4.69) is 18.7 Å². The van der Waals surface area contributed by atoms with E-state index in [-0.39, 0.29) is 0 Å². The molecule has 0 aliphatic carbocycles. The first-order chi connectivity index (χ1) is 5.68. The molecule has 0 saturated carbocycles. The second-order valence-electron chi connectivity index (χ2n) is 4.37. The number of carbonyl (C=O) groups is 1. The molecule has 0 N–H and O–H groups in total. The first-order valence-electron chi connectivity index (χ1n) is 4.97. The minimum Gasteiger partial charge on any atom is -0.300 e. The van der Waals surface area contributed by atoms with E-state index >= 15 is 0 Å². The van der Waals surface area contributed by atoms with Gasteiger partial charge in [0.1, 0.15) is 5.78 Å². The third kappa shape index (κ3) is 1.18. The highest BCUT2D eigenvalue weighted by Gasteiger charge is 2.40. The van der Waals surface area contributed by atoms with Gasteiger partial charge in [-0.05, 0) is 26.7 Å². The summed E-state index contributed by atoms with van der Waals surface area (Å²) in [6.07, 6.45) is 4.12. The number of carbonyl (C=O) groups excluding carboxylic acids is 1. The largest absolute Gasteiger partial charge is 0.300 e. The molecule has 2 bridgehead atoms. The maximum atomic E-state index is 11.3. The molecule has 2 saturated heterocycles. The molecular weight excluding hydrogens is 150 g/mol. The lowest BCUT2D eigenvalue weighted by molar-refractivity contribution is -0.124. The molecule has 0 radical (unpaired) electrons. The monoisotopic (exact) mass is 167 g/mol. The number of rotatable bonds is 1. The number of Topliss-reactive ketones (excluding diaryl/α,β-unsaturated/α-hetero) is 1. The number of hydrogen-bond acceptors (Lipinski definition) is 2. The van der Waals surface area contributed by atoms with Crippen molar-refractivity contribution in [1.29, 1.82) is 0 Å². The normalized spacial score (nSPS) is 36.4. The van der Waals surface area contributed by atoms with Crippen molar-refractivity contribution in [3.05, 3.63) is 0 Å². The lowest BCUT2D eigenvalue weighted by atomic mass is 10.00. The van der Waals surface area contributed by atoms with Gasteiger partial charge in [-0.2, -0.15) is 0 Å². The Bertz CT molecular complexity index is 184. The van der Waals surface area contributed by atoms with E-state index in [1.165, 1.54) is 12.8 Å². The third-order valence-corrected chi connectivity index (χ3v) is 3.20. The molecule has 2 heteroatoms. The van der Waals surface area contributed by atoms with Crippen LogP contribution in [0.25, 0.3) is 0 Å². The van der Waals surface area contributed by atoms with Gasteiger partial charge < -0.3 is 0 Å². The Morgan fingerprint density at radius 2 is 1.75 bits per heavy atom. The van der Waals surface area contributed by atoms with Crippen molar-refractivity contribution in [2.45, 2.75) is 57.7 Å². The predicted octanol–water partition coefficient (Wildman–Crippen LogP) is 1.59. The molecule has 2 nitrogen and oxygen atoms in total. The molecule has 2 aliphatic heterocycles. The highest BCUT2D eigenvalue weighted by atomic mass is 16.1. The molecule has 2 heterocycles. The maximum Gasteiger partial charge on any atom is 0.136 e. The first-order valence-corrected chi connectivity index (χ1v) is 4.97. The molecule has 2 rings (SSSR count). The molecule has 0 aromatic carbocycles. The molecule has 0 amide bonds. The quantitative estimate of drug-likeness (QED) is 0.591. The number of ketones is 1. The molecule has 0 aromatic rings. The van der Waals surface area contributed by atoms with Crippen molar-refractivity contribution in [3.63, 3.8) is 0 Å². The summed E-state index contributed by atoms with van der Waals surface area (Å²) < 4.78 is 0. The Morgan fingerprint density at radius 1 is 1.25 bits per heavy atom. The highest BCUT2D eigenvalue weighted by Crippen LogP contribution is 2.35. The minimum atomic E-state index is 0.486. The van der Waals surface area contributed by atoms with Crippen molar-refractivity contribution >= 4 is 5.78 Å². The van der Waals surface area contributed by atoms with Crippen molar-refractivity contribution in [1.82, 2.24) is 4.90 Å². The van der Waals surface area contributed by atoms with Crippen LogP contribution in [-0.4, -0.2) is 28.8 Å². The standard InChI is InChI=1S/C10H17NO/c1-7(2)11-8-3-4-9(11)6-10(12)5-8/h7-9H,3-6H2,1-2H3/t8-,9+. The molecule has 0 unspecified atom stereocenters. The molecule has 0 spiro atoms. The van der Waals surface area contributed by atoms with Crippen LogP contribution in [-0.2, 0) is 4.79 Å². The second-order valence-corrected chi connectivity index (χ2v) is 4.37. The van der Waals surface area contributed by atoms with Crippen LogP contribution in [0.5, 0.6) is 0 Å². The van der Waals surface area contributed by atoms with Gasteiger partial charge in [-0.15, -0.1) is 0 Å². The Labute approximate surface area is 73.9 Å². The van der Waals surface area contributed by atoms with Gasteiger partial charge >= 0.3 is 0 Å². The number of nitrogens with zero attached hydrogens (tertiary/aromatic N) is 1. The van der Waals surface area contributed by atoms with Gasteiger partial charge in [0.15, 0.2) is 0 Å². The molecule has 2 aliphatic rings. The van der Waals surface area contributed by atoms with Crippen LogP contribution in [0.4, 0.5) is 0 Å². The zero-order valence-corrected chi connectivity index (χ0v) is 7.92. The Morgan fingerprint density at radius 3 is 2.17 bits per heavy atom. The average molecular weight is 167 g/mol. The van der Waals surface area contributed by atoms with Crippen LogP contribution in [0, 0.1) is 0 Å². The summed E-state index contributed by atoms with van der Waals surface area (Å²) in [4.78, 5) is 13.8. The fraction of sp³-hybridized carbons (Fsp3) is 0.900. The van der Waals surface area contributed by atoms with E-state index in [1.54, 1.807) is 0 Å². The number of piperidine rings is 1. The van der Waals surface area contributed by atoms with E-state index in [4.69, 9.17) is 0 Å². The van der Waals surface area contributed by atoms with Crippen LogP contribution in [0.2, 0.25) is 0 Å². The maximum absolute atomic E-state index is 11.3. The van der Waals surface area contributed by atoms with Gasteiger partial charge in [0.2, 0.25) is 0 Å². The minimum absolute atomic E-state index is 0.486. The van der Waals surface area contributed by atoms with Gasteiger partial charge in [-0.1, -0.05) is 0 Å². The smallest absolute Gasteiger partial charge is 0.136 e. The summed E-state index contributed by atoms with van der Waals surface area (Å²) in [6, 6.07) is 1.78. The van der Waals surface area contributed by atoms with E-state index in [0.717, 1.165) is 12.8 Å². The lowest BCUT2D eigenvalue weighted by Gasteiger charge is -2.37. The topological polar surface area (TPSA) is 20.3 Å². The van der Waals surface area contributed by atoms with Gasteiger partial charge in [-0.25, -0.2) is 0 Å². The summed E-state index contributed by atoms with van der Waals surface area (Å²) in [5, 5.41) is 0. The van der Waals surface area contributed by atoms with Gasteiger partial charge in [0, 0.05) is 31.0 Å². The van der Waals surface area contributed by atoms with Crippen LogP contribution in [0.3, 0.4) is 0 Å². The van der Waals surface area contributed by atoms with Crippen molar-refractivity contribution in [2.24, 2.45) is 0 Å². The molecular formula is C10H17NO. The molecule has 2 fully saturated rings. The molecule has 12 heavy (non-hydrogen) atoms. The fourth-order valence-corrected chi connectivity index (χ4v) is 2.85. The van der Waals surface area contributed by atoms with Crippen LogP contribution in [0.1, 0.15) is 39.5 Å². The predicted molar refractivity (Wildman–Crippen MR) is 48.0 cm³/mol. The summed E-state index contributed by atoms with van der Waals surface area (Å²) in [6.45, 7) is 4.47. The van der Waals surface area contributed by atoms with Crippen LogP contribution >= 0.6 is 0 Å². The highest BCUT2D eigenvalue weighted by molar-refractivity contribution is 5.80. The fourth-order valence-electron chi connectivity index (χ4n) is 2.85. The molecule has 2 atom stereocenters. The third-order valence-electron chi connectivity index (χ3n) is 3.20. The SMILES string of the molecule is CC(C)N1[C@@H]2CC[C@H]1CC(=O)C2. The summed E-state index contributed by atoms with van der Waals surface area (Å²) in [7, 11) is 0. The zero-order chi connectivity index (χ0) is 8.72. The van der Waals surface area contributed by atoms with E-state index in [1.807, 2.05) is 0 Å². The van der Waals surface area contributed by atoms with E-state index < -0.39 is 0 Å². The van der Waals surface area contributed by atoms with Crippen molar-refractivity contribution in [3.8, 4) is 0 Å². The Hall–Kier alpha value is -0.370. The molecule has 68 valence electrons. The van der Waals surface area contributed by atoms with Gasteiger partial charge in [-0.3, -0.25) is 9.69 Å². The van der Waals surface area contributed by atoms with Crippen molar-refractivity contribution in [2.75, 3.05) is 0 Å². The first kappa shape index (κ1) is 8.24. The number of hydrogen-bond donors (Lipinski definition) is 0. The summed E-state index contributed by atoms with van der Waals surface area (Å²) in [5.74, 6) is 0.486. The molecule has 0 aromatic heterocycles. The van der Waals surface area contributed by atoms with E-state index in [9.17, 15) is 4.79 Å².